The molecule has 0 atom stereocenters. The highest BCUT2D eigenvalue weighted by Gasteiger charge is 2.18. The van der Waals surface area contributed by atoms with Crippen LogP contribution in [0.4, 0.5) is 0 Å². The van der Waals surface area contributed by atoms with Crippen LogP contribution in [0.3, 0.4) is 0 Å². The lowest BCUT2D eigenvalue weighted by atomic mass is 10.0. The van der Waals surface area contributed by atoms with Gasteiger partial charge in [0.1, 0.15) is 11.5 Å². The molecule has 2 rings (SSSR count). The molecule has 0 fully saturated rings. The summed E-state index contributed by atoms with van der Waals surface area (Å²) in [5.41, 5.74) is 2.24. The van der Waals surface area contributed by atoms with E-state index >= 15 is 0 Å². The van der Waals surface area contributed by atoms with Crippen LogP contribution in [0.15, 0.2) is 48.5 Å². The first kappa shape index (κ1) is 28.3. The van der Waals surface area contributed by atoms with Crippen molar-refractivity contribution in [3.05, 3.63) is 59.7 Å². The van der Waals surface area contributed by atoms with E-state index < -0.39 is 9.17 Å². The van der Waals surface area contributed by atoms with Gasteiger partial charge in [-0.1, -0.05) is 127 Å². The quantitative estimate of drug-likeness (QED) is 0.139. The first-order valence-corrected chi connectivity index (χ1v) is 15.0. The van der Waals surface area contributed by atoms with Gasteiger partial charge in [-0.15, -0.1) is 0 Å². The molecule has 3 nitrogen and oxygen atoms in total. The van der Waals surface area contributed by atoms with Crippen molar-refractivity contribution in [2.75, 3.05) is 0 Å². The van der Waals surface area contributed by atoms with Gasteiger partial charge in [-0.3, -0.25) is 4.46 Å². The maximum Gasteiger partial charge on any atom is 0.778 e. The van der Waals surface area contributed by atoms with Crippen LogP contribution in [-0.2, 0) is 17.3 Å². The molecule has 0 radical (unpaired) electrons. The van der Waals surface area contributed by atoms with E-state index in [1.165, 1.54) is 77.0 Å². The van der Waals surface area contributed by atoms with E-state index in [0.717, 1.165) is 36.8 Å². The second-order valence-electron chi connectivity index (χ2n) is 9.41. The van der Waals surface area contributed by atoms with E-state index in [1.807, 2.05) is 36.4 Å². The summed E-state index contributed by atoms with van der Waals surface area (Å²) in [6.07, 6.45) is 19.8. The zero-order chi connectivity index (χ0) is 24.3. The first-order chi connectivity index (χ1) is 16.7. The fraction of sp³-hybridized carbons (Fsp3) is 0.600. The normalized spacial score (nSPS) is 10.9. The Bertz CT molecular complexity index is 740. The van der Waals surface area contributed by atoms with E-state index in [9.17, 15) is 4.46 Å². The van der Waals surface area contributed by atoms with Crippen LogP contribution >= 0.6 is 0 Å². The van der Waals surface area contributed by atoms with Crippen LogP contribution in [0.25, 0.3) is 0 Å². The van der Waals surface area contributed by atoms with Crippen molar-refractivity contribution in [3.63, 3.8) is 0 Å². The molecule has 0 N–H and O–H groups in total. The monoisotopic (exact) mass is 482 g/mol. The standard InChI is InChI=1S/C30H46O3Si/c1-3-5-7-9-11-13-15-21-27-23-17-19-25-29(27)32-34(31)33-30-26-20-18-24-28(30)22-16-14-12-10-8-6-4-2/h17-20,23-26H,3-16,21-22H2,1-2H3. The minimum Gasteiger partial charge on any atom is -0.459 e. The molecule has 188 valence electrons. The molecule has 4 heteroatoms. The third-order valence-electron chi connectivity index (χ3n) is 6.43. The lowest BCUT2D eigenvalue weighted by molar-refractivity contribution is 0.343. The first-order valence-electron chi connectivity index (χ1n) is 13.8. The Morgan fingerprint density at radius 2 is 0.882 bits per heavy atom. The zero-order valence-electron chi connectivity index (χ0n) is 21.7. The molecule has 0 aliphatic carbocycles. The third-order valence-corrected chi connectivity index (χ3v) is 7.20. The molecule has 0 aromatic heterocycles. The van der Waals surface area contributed by atoms with Crippen molar-refractivity contribution in [3.8, 4) is 11.5 Å². The number of unbranched alkanes of at least 4 members (excludes halogenated alkanes) is 12. The summed E-state index contributed by atoms with van der Waals surface area (Å²) in [4.78, 5) is 0. The van der Waals surface area contributed by atoms with Gasteiger partial charge in [0, 0.05) is 0 Å². The Morgan fingerprint density at radius 3 is 1.29 bits per heavy atom. The number of hydrogen-bond acceptors (Lipinski definition) is 3. The Hall–Kier alpha value is -1.94. The zero-order valence-corrected chi connectivity index (χ0v) is 22.7. The average molecular weight is 483 g/mol. The molecule has 0 saturated heterocycles. The second-order valence-corrected chi connectivity index (χ2v) is 10.3. The van der Waals surface area contributed by atoms with Crippen molar-refractivity contribution < 1.29 is 13.3 Å². The topological polar surface area (TPSA) is 35.5 Å². The van der Waals surface area contributed by atoms with Gasteiger partial charge in [-0.2, -0.15) is 0 Å². The number of rotatable bonds is 20. The summed E-state index contributed by atoms with van der Waals surface area (Å²) < 4.78 is 24.4. The van der Waals surface area contributed by atoms with E-state index in [2.05, 4.69) is 26.0 Å². The van der Waals surface area contributed by atoms with E-state index in [1.54, 1.807) is 0 Å². The van der Waals surface area contributed by atoms with Gasteiger partial charge in [0.25, 0.3) is 0 Å². The molecule has 0 aliphatic rings. The van der Waals surface area contributed by atoms with E-state index in [4.69, 9.17) is 8.85 Å². The van der Waals surface area contributed by atoms with Gasteiger partial charge in [-0.25, -0.2) is 0 Å². The Balaban J connectivity index is 1.79. The molecular weight excluding hydrogens is 436 g/mol. The Morgan fingerprint density at radius 1 is 0.529 bits per heavy atom. The predicted octanol–water partition coefficient (Wildman–Crippen LogP) is 9.15. The third kappa shape index (κ3) is 12.0. The molecule has 0 spiro atoms. The summed E-state index contributed by atoms with van der Waals surface area (Å²) in [5.74, 6) is 1.39. The van der Waals surface area contributed by atoms with Gasteiger partial charge in [0.2, 0.25) is 0 Å². The molecule has 2 aromatic rings. The fourth-order valence-corrected chi connectivity index (χ4v) is 5.16. The van der Waals surface area contributed by atoms with Crippen molar-refractivity contribution >= 4 is 9.17 Å². The van der Waals surface area contributed by atoms with Crippen molar-refractivity contribution in [1.29, 1.82) is 0 Å². The number of para-hydroxylation sites is 2. The molecule has 0 bridgehead atoms. The Labute approximate surface area is 210 Å². The highest BCUT2D eigenvalue weighted by atomic mass is 28.3. The smallest absolute Gasteiger partial charge is 0.459 e. The van der Waals surface area contributed by atoms with Crippen LogP contribution < -0.4 is 8.85 Å². The molecule has 34 heavy (non-hydrogen) atoms. The summed E-state index contributed by atoms with van der Waals surface area (Å²) in [6.45, 7) is 4.50. The minimum atomic E-state index is -2.68. The highest BCUT2D eigenvalue weighted by Crippen LogP contribution is 2.24. The van der Waals surface area contributed by atoms with Crippen LogP contribution in [0, 0.1) is 0 Å². The van der Waals surface area contributed by atoms with Crippen LogP contribution in [0.2, 0.25) is 0 Å². The van der Waals surface area contributed by atoms with E-state index in [-0.39, 0.29) is 0 Å². The Kier molecular flexibility index (Phi) is 15.3. The van der Waals surface area contributed by atoms with E-state index in [0.29, 0.717) is 11.5 Å². The van der Waals surface area contributed by atoms with Gasteiger partial charge >= 0.3 is 9.17 Å². The molecule has 0 unspecified atom stereocenters. The van der Waals surface area contributed by atoms with Crippen molar-refractivity contribution in [1.82, 2.24) is 0 Å². The number of hydrogen-bond donors (Lipinski definition) is 0. The van der Waals surface area contributed by atoms with Gasteiger partial charge in [0.05, 0.1) is 0 Å². The highest BCUT2D eigenvalue weighted by molar-refractivity contribution is 6.28. The largest absolute Gasteiger partial charge is 0.778 e. The van der Waals surface area contributed by atoms with Crippen molar-refractivity contribution in [2.24, 2.45) is 0 Å². The SMILES string of the molecule is CCCCCCCCCc1ccccc1O[Si](=O)Oc1ccccc1CCCCCCCCC. The predicted molar refractivity (Wildman–Crippen MR) is 144 cm³/mol. The summed E-state index contributed by atoms with van der Waals surface area (Å²) in [7, 11) is -2.68. The van der Waals surface area contributed by atoms with Crippen LogP contribution in [-0.4, -0.2) is 9.17 Å². The number of benzene rings is 2. The molecule has 2 aromatic carbocycles. The molecule has 0 aliphatic heterocycles. The van der Waals surface area contributed by atoms with Crippen molar-refractivity contribution in [2.45, 2.75) is 117 Å². The summed E-state index contributed by atoms with van der Waals surface area (Å²) >= 11 is 0. The second kappa shape index (κ2) is 18.4. The summed E-state index contributed by atoms with van der Waals surface area (Å²) in [6, 6.07) is 15.9. The molecule has 0 saturated carbocycles. The maximum absolute atomic E-state index is 12.8. The fourth-order valence-electron chi connectivity index (χ4n) is 4.37. The van der Waals surface area contributed by atoms with Gasteiger partial charge < -0.3 is 8.85 Å². The number of aryl methyl sites for hydroxylation is 2. The lowest BCUT2D eigenvalue weighted by Crippen LogP contribution is -2.20. The minimum absolute atomic E-state index is 0.696. The maximum atomic E-state index is 12.8. The molecular formula is C30H46O3Si. The molecule has 0 amide bonds. The van der Waals surface area contributed by atoms with Crippen LogP contribution in [0.1, 0.15) is 115 Å². The summed E-state index contributed by atoms with van der Waals surface area (Å²) in [5, 5.41) is 0. The lowest BCUT2D eigenvalue weighted by Gasteiger charge is -2.12. The van der Waals surface area contributed by atoms with Crippen LogP contribution in [0.5, 0.6) is 11.5 Å². The molecule has 0 heterocycles. The van der Waals surface area contributed by atoms with Gasteiger partial charge in [0.15, 0.2) is 0 Å². The van der Waals surface area contributed by atoms with Gasteiger partial charge in [-0.05, 0) is 48.9 Å². The average Bonchev–Trinajstić information content (AvgIpc) is 2.85.